The largest absolute Gasteiger partial charge is 0.310 e. The van der Waals surface area contributed by atoms with Crippen LogP contribution in [-0.2, 0) is 0 Å². The molecule has 0 spiro atoms. The number of aromatic nitrogens is 2. The first-order valence-corrected chi connectivity index (χ1v) is 18.7. The average molecular weight is 711 g/mol. The van der Waals surface area contributed by atoms with E-state index in [-0.39, 0.29) is 0 Å². The van der Waals surface area contributed by atoms with Gasteiger partial charge in [-0.25, -0.2) is 4.85 Å². The Balaban J connectivity index is 1.25. The van der Waals surface area contributed by atoms with Crippen LogP contribution in [-0.4, -0.2) is 9.13 Å². The van der Waals surface area contributed by atoms with Crippen LogP contribution >= 0.6 is 0 Å². The lowest BCUT2D eigenvalue weighted by molar-refractivity contribution is 1.13. The lowest BCUT2D eigenvalue weighted by atomic mass is 10.0. The number of fused-ring (bicyclic) bond motifs is 10. The van der Waals surface area contributed by atoms with E-state index in [4.69, 9.17) is 6.57 Å². The average Bonchev–Trinajstić information content (AvgIpc) is 3.79. The summed E-state index contributed by atoms with van der Waals surface area (Å²) in [5.74, 6) is 0. The summed E-state index contributed by atoms with van der Waals surface area (Å²) in [4.78, 5) is 4.01. The molecular formula is C52H30N4. The molecule has 56 heavy (non-hydrogen) atoms. The number of hydrogen-bond acceptors (Lipinski definition) is 1. The van der Waals surface area contributed by atoms with Crippen molar-refractivity contribution in [1.82, 2.24) is 9.13 Å². The van der Waals surface area contributed by atoms with Gasteiger partial charge in [0.15, 0.2) is 0 Å². The summed E-state index contributed by atoms with van der Waals surface area (Å²) in [6, 6.07) is 66.3. The smallest absolute Gasteiger partial charge is 0.208 e. The highest BCUT2D eigenvalue weighted by atomic mass is 15.0. The Bertz CT molecular complexity index is 3480. The maximum absolute atomic E-state index is 10.8. The summed E-state index contributed by atoms with van der Waals surface area (Å²) in [7, 11) is 0. The summed E-state index contributed by atoms with van der Waals surface area (Å²) in [5, 5.41) is 20.0. The monoisotopic (exact) mass is 710 g/mol. The second kappa shape index (κ2) is 12.3. The quantitative estimate of drug-likeness (QED) is 0.168. The zero-order valence-electron chi connectivity index (χ0n) is 30.1. The fourth-order valence-electron chi connectivity index (χ4n) is 8.84. The van der Waals surface area contributed by atoms with Gasteiger partial charge in [-0.3, -0.25) is 0 Å². The molecule has 0 saturated heterocycles. The third-order valence-corrected chi connectivity index (χ3v) is 11.3. The summed E-state index contributed by atoms with van der Waals surface area (Å²) < 4.78 is 4.46. The molecule has 9 aromatic carbocycles. The minimum absolute atomic E-state index is 0.313. The van der Waals surface area contributed by atoms with Crippen LogP contribution < -0.4 is 0 Å². The minimum atomic E-state index is 0.313. The van der Waals surface area contributed by atoms with Crippen molar-refractivity contribution in [3.05, 3.63) is 199 Å². The molecule has 258 valence electrons. The molecule has 4 nitrogen and oxygen atoms in total. The second-order valence-corrected chi connectivity index (χ2v) is 14.3. The highest BCUT2D eigenvalue weighted by Crippen LogP contribution is 2.44. The number of rotatable bonds is 4. The van der Waals surface area contributed by atoms with Gasteiger partial charge in [0.25, 0.3) is 0 Å². The summed E-state index contributed by atoms with van der Waals surface area (Å²) >= 11 is 0. The van der Waals surface area contributed by atoms with Crippen LogP contribution in [0.3, 0.4) is 0 Å². The normalized spacial score (nSPS) is 11.5. The molecule has 0 aliphatic carbocycles. The molecule has 0 atom stereocenters. The van der Waals surface area contributed by atoms with Gasteiger partial charge in [-0.1, -0.05) is 133 Å². The van der Waals surface area contributed by atoms with E-state index in [9.17, 15) is 5.26 Å². The Morgan fingerprint density at radius 3 is 1.45 bits per heavy atom. The molecular weight excluding hydrogens is 681 g/mol. The van der Waals surface area contributed by atoms with Crippen LogP contribution in [0.4, 0.5) is 5.69 Å². The van der Waals surface area contributed by atoms with Crippen molar-refractivity contribution in [3.63, 3.8) is 0 Å². The Kier molecular flexibility index (Phi) is 6.95. The Morgan fingerprint density at radius 1 is 0.429 bits per heavy atom. The van der Waals surface area contributed by atoms with E-state index in [1.54, 1.807) is 0 Å². The van der Waals surface area contributed by atoms with Gasteiger partial charge in [-0.05, 0) is 92.3 Å². The number of nitrogens with zero attached hydrogens (tertiary/aromatic N) is 4. The summed E-state index contributed by atoms with van der Waals surface area (Å²) in [6.45, 7) is 8.40. The van der Waals surface area contributed by atoms with Crippen molar-refractivity contribution in [2.75, 3.05) is 0 Å². The zero-order chi connectivity index (χ0) is 37.3. The standard InChI is InChI=1S/C52H30N4/c1-54-45-30-39(55-46-24-22-37(33-12-4-2-5-13-33)28-42(46)51-40-18-10-8-16-35(40)20-26-48(51)55)31-50(44(45)32-53)56-47-25-23-38(34-14-6-3-7-15-34)29-43(47)52-41-19-11-9-17-36(41)21-27-49(52)56/h2-31H. The van der Waals surface area contributed by atoms with Crippen molar-refractivity contribution < 1.29 is 0 Å². The molecule has 0 bridgehead atoms. The summed E-state index contributed by atoms with van der Waals surface area (Å²) in [5.41, 5.74) is 10.7. The number of nitriles is 1. The molecule has 0 N–H and O–H groups in total. The van der Waals surface area contributed by atoms with Crippen LogP contribution in [0.5, 0.6) is 0 Å². The SMILES string of the molecule is [C-]#[N+]c1cc(-n2c3ccc(-c4ccccc4)cc3c3c4ccccc4ccc32)cc(-n2c3ccc(-c4ccccc4)cc3c3c4ccccc4ccc32)c1C#N. The van der Waals surface area contributed by atoms with Crippen molar-refractivity contribution in [2.24, 2.45) is 0 Å². The molecule has 2 aromatic heterocycles. The summed E-state index contributed by atoms with van der Waals surface area (Å²) in [6.07, 6.45) is 0. The van der Waals surface area contributed by atoms with E-state index in [1.165, 1.54) is 10.8 Å². The first-order valence-electron chi connectivity index (χ1n) is 18.7. The molecule has 11 rings (SSSR count). The predicted molar refractivity (Wildman–Crippen MR) is 232 cm³/mol. The molecule has 0 aliphatic rings. The van der Waals surface area contributed by atoms with Gasteiger partial charge in [0, 0.05) is 27.2 Å². The Morgan fingerprint density at radius 2 is 0.911 bits per heavy atom. The van der Waals surface area contributed by atoms with Gasteiger partial charge in [-0.15, -0.1) is 0 Å². The van der Waals surface area contributed by atoms with Gasteiger partial charge >= 0.3 is 0 Å². The maximum atomic E-state index is 10.8. The minimum Gasteiger partial charge on any atom is -0.310 e. The van der Waals surface area contributed by atoms with E-state index in [2.05, 4.69) is 184 Å². The predicted octanol–water partition coefficient (Wildman–Crippen LogP) is 13.9. The Hall–Kier alpha value is -7.92. The molecule has 0 saturated carbocycles. The molecule has 0 fully saturated rings. The molecule has 0 aliphatic heterocycles. The van der Waals surface area contributed by atoms with Crippen LogP contribution in [0.25, 0.3) is 104 Å². The van der Waals surface area contributed by atoms with E-state index in [1.807, 2.05) is 18.2 Å². The van der Waals surface area contributed by atoms with Gasteiger partial charge in [0.2, 0.25) is 5.69 Å². The van der Waals surface area contributed by atoms with Crippen LogP contribution in [0.2, 0.25) is 0 Å². The zero-order valence-corrected chi connectivity index (χ0v) is 30.1. The van der Waals surface area contributed by atoms with E-state index >= 15 is 0 Å². The van der Waals surface area contributed by atoms with Gasteiger partial charge in [0.1, 0.15) is 0 Å². The van der Waals surface area contributed by atoms with Gasteiger partial charge < -0.3 is 9.13 Å². The van der Waals surface area contributed by atoms with Gasteiger partial charge in [-0.2, -0.15) is 5.26 Å². The highest BCUT2D eigenvalue weighted by Gasteiger charge is 2.23. The molecule has 2 heterocycles. The van der Waals surface area contributed by atoms with E-state index < -0.39 is 0 Å². The molecule has 0 amide bonds. The maximum Gasteiger partial charge on any atom is 0.208 e. The van der Waals surface area contributed by atoms with Crippen LogP contribution in [0.1, 0.15) is 5.56 Å². The van der Waals surface area contributed by atoms with Crippen molar-refractivity contribution in [2.45, 2.75) is 0 Å². The molecule has 0 radical (unpaired) electrons. The second-order valence-electron chi connectivity index (χ2n) is 14.3. The fraction of sp³-hybridized carbons (Fsp3) is 0. The lowest BCUT2D eigenvalue weighted by Gasteiger charge is -2.16. The van der Waals surface area contributed by atoms with E-state index in [0.717, 1.165) is 82.3 Å². The lowest BCUT2D eigenvalue weighted by Crippen LogP contribution is -2.02. The number of benzene rings is 9. The first kappa shape index (κ1) is 31.6. The third-order valence-electron chi connectivity index (χ3n) is 11.3. The topological polar surface area (TPSA) is 38.0 Å². The highest BCUT2D eigenvalue weighted by molar-refractivity contribution is 6.23. The van der Waals surface area contributed by atoms with Crippen molar-refractivity contribution in [3.8, 4) is 39.7 Å². The number of hydrogen-bond donors (Lipinski definition) is 0. The van der Waals surface area contributed by atoms with Crippen LogP contribution in [0, 0.1) is 17.9 Å². The molecule has 4 heteroatoms. The molecule has 0 unspecified atom stereocenters. The molecule has 11 aromatic rings. The van der Waals surface area contributed by atoms with Gasteiger partial charge in [0.05, 0.1) is 46.0 Å². The van der Waals surface area contributed by atoms with E-state index in [0.29, 0.717) is 16.9 Å². The first-order chi connectivity index (χ1) is 27.7. The van der Waals surface area contributed by atoms with Crippen molar-refractivity contribution >= 4 is 70.8 Å². The van der Waals surface area contributed by atoms with Crippen LogP contribution in [0.15, 0.2) is 182 Å². The van der Waals surface area contributed by atoms with Crippen molar-refractivity contribution in [1.29, 1.82) is 5.26 Å². The fourth-order valence-corrected chi connectivity index (χ4v) is 8.84. The Labute approximate surface area is 322 Å². The third kappa shape index (κ3) is 4.64.